The molecule has 2 N–H and O–H groups in total. The number of rotatable bonds is 8. The largest absolute Gasteiger partial charge is 0.497 e. The first-order valence-corrected chi connectivity index (χ1v) is 9.54. The second-order valence-corrected chi connectivity index (χ2v) is 6.77. The van der Waals surface area contributed by atoms with Crippen LogP contribution in [0.25, 0.3) is 0 Å². The van der Waals surface area contributed by atoms with Gasteiger partial charge in [0.1, 0.15) is 5.75 Å². The van der Waals surface area contributed by atoms with E-state index in [-0.39, 0.29) is 5.91 Å². The van der Waals surface area contributed by atoms with E-state index in [2.05, 4.69) is 15.6 Å². The van der Waals surface area contributed by atoms with Gasteiger partial charge in [-0.15, -0.1) is 0 Å². The minimum Gasteiger partial charge on any atom is -0.497 e. The number of guanidine groups is 1. The van der Waals surface area contributed by atoms with Gasteiger partial charge in [-0.25, -0.2) is 0 Å². The second-order valence-electron chi connectivity index (χ2n) is 6.34. The first-order valence-electron chi connectivity index (χ1n) is 9.17. The SMILES string of the molecule is CCNC(=NCCNC(=O)c1ccc(OC)cc1)N(C)Cc1cc(Cl)cn1C. The van der Waals surface area contributed by atoms with Crippen LogP contribution in [0.4, 0.5) is 0 Å². The van der Waals surface area contributed by atoms with Gasteiger partial charge in [0.2, 0.25) is 0 Å². The van der Waals surface area contributed by atoms with E-state index in [0.717, 1.165) is 23.9 Å². The Morgan fingerprint density at radius 3 is 2.57 bits per heavy atom. The number of benzene rings is 1. The van der Waals surface area contributed by atoms with Gasteiger partial charge in [-0.05, 0) is 37.3 Å². The molecule has 2 aromatic rings. The minimum absolute atomic E-state index is 0.130. The molecule has 28 heavy (non-hydrogen) atoms. The summed E-state index contributed by atoms with van der Waals surface area (Å²) in [5.74, 6) is 1.37. The molecular formula is C20H28ClN5O2. The Balaban J connectivity index is 1.88. The molecule has 1 amide bonds. The van der Waals surface area contributed by atoms with Crippen LogP contribution >= 0.6 is 11.6 Å². The molecule has 0 radical (unpaired) electrons. The fourth-order valence-corrected chi connectivity index (χ4v) is 2.96. The van der Waals surface area contributed by atoms with E-state index in [4.69, 9.17) is 16.3 Å². The molecule has 0 spiro atoms. The zero-order valence-corrected chi connectivity index (χ0v) is 17.6. The van der Waals surface area contributed by atoms with Crippen LogP contribution in [0.15, 0.2) is 41.5 Å². The van der Waals surface area contributed by atoms with Crippen molar-refractivity contribution < 1.29 is 9.53 Å². The van der Waals surface area contributed by atoms with Gasteiger partial charge >= 0.3 is 0 Å². The number of aromatic nitrogens is 1. The number of carbonyl (C=O) groups is 1. The molecule has 0 aliphatic carbocycles. The lowest BCUT2D eigenvalue weighted by Gasteiger charge is -2.22. The highest BCUT2D eigenvalue weighted by molar-refractivity contribution is 6.30. The van der Waals surface area contributed by atoms with Gasteiger partial charge in [-0.1, -0.05) is 11.6 Å². The van der Waals surface area contributed by atoms with E-state index < -0.39 is 0 Å². The lowest BCUT2D eigenvalue weighted by Crippen LogP contribution is -2.39. The number of methoxy groups -OCH3 is 1. The molecule has 1 aromatic heterocycles. The second kappa shape index (κ2) is 10.6. The normalized spacial score (nSPS) is 11.2. The molecular weight excluding hydrogens is 378 g/mol. The number of aryl methyl sites for hydroxylation is 1. The van der Waals surface area contributed by atoms with E-state index in [9.17, 15) is 4.79 Å². The highest BCUT2D eigenvalue weighted by Crippen LogP contribution is 2.14. The Morgan fingerprint density at radius 2 is 2.00 bits per heavy atom. The third-order valence-electron chi connectivity index (χ3n) is 4.18. The van der Waals surface area contributed by atoms with Crippen LogP contribution in [0.2, 0.25) is 5.02 Å². The van der Waals surface area contributed by atoms with Crippen molar-refractivity contribution in [2.24, 2.45) is 12.0 Å². The van der Waals surface area contributed by atoms with Crippen molar-refractivity contribution in [3.05, 3.63) is 52.8 Å². The van der Waals surface area contributed by atoms with Crippen LogP contribution < -0.4 is 15.4 Å². The number of ether oxygens (including phenoxy) is 1. The van der Waals surface area contributed by atoms with E-state index in [1.165, 1.54) is 0 Å². The van der Waals surface area contributed by atoms with E-state index >= 15 is 0 Å². The maximum atomic E-state index is 12.2. The first-order chi connectivity index (χ1) is 13.4. The summed E-state index contributed by atoms with van der Waals surface area (Å²) < 4.78 is 7.10. The van der Waals surface area contributed by atoms with Crippen molar-refractivity contribution in [2.75, 3.05) is 33.8 Å². The van der Waals surface area contributed by atoms with Crippen LogP contribution in [0.3, 0.4) is 0 Å². The van der Waals surface area contributed by atoms with Gasteiger partial charge in [0.25, 0.3) is 5.91 Å². The molecule has 152 valence electrons. The summed E-state index contributed by atoms with van der Waals surface area (Å²) in [5.41, 5.74) is 1.68. The topological polar surface area (TPSA) is 70.9 Å². The van der Waals surface area contributed by atoms with Gasteiger partial charge in [-0.3, -0.25) is 9.79 Å². The van der Waals surface area contributed by atoms with Crippen molar-refractivity contribution in [1.82, 2.24) is 20.1 Å². The third-order valence-corrected chi connectivity index (χ3v) is 4.39. The van der Waals surface area contributed by atoms with Gasteiger partial charge in [0.15, 0.2) is 5.96 Å². The summed E-state index contributed by atoms with van der Waals surface area (Å²) in [7, 11) is 5.53. The van der Waals surface area contributed by atoms with E-state index in [1.807, 2.05) is 42.7 Å². The van der Waals surface area contributed by atoms with Crippen LogP contribution in [-0.2, 0) is 13.6 Å². The summed E-state index contributed by atoms with van der Waals surface area (Å²) in [5, 5.41) is 6.87. The molecule has 0 saturated carbocycles. The van der Waals surface area contributed by atoms with Crippen LogP contribution in [-0.4, -0.2) is 55.1 Å². The monoisotopic (exact) mass is 405 g/mol. The number of carbonyl (C=O) groups excluding carboxylic acids is 1. The fraction of sp³-hybridized carbons (Fsp3) is 0.400. The van der Waals surface area contributed by atoms with Crippen molar-refractivity contribution in [2.45, 2.75) is 13.5 Å². The zero-order chi connectivity index (χ0) is 20.5. The van der Waals surface area contributed by atoms with Crippen molar-refractivity contribution in [3.63, 3.8) is 0 Å². The zero-order valence-electron chi connectivity index (χ0n) is 16.8. The summed E-state index contributed by atoms with van der Waals surface area (Å²) in [6, 6.07) is 8.94. The molecule has 2 rings (SSSR count). The lowest BCUT2D eigenvalue weighted by atomic mass is 10.2. The Morgan fingerprint density at radius 1 is 1.29 bits per heavy atom. The maximum absolute atomic E-state index is 12.2. The number of halogens is 1. The van der Waals surface area contributed by atoms with Crippen LogP contribution in [0.1, 0.15) is 23.0 Å². The predicted molar refractivity (Wildman–Crippen MR) is 113 cm³/mol. The summed E-state index contributed by atoms with van der Waals surface area (Å²) >= 11 is 6.06. The molecule has 0 unspecified atom stereocenters. The molecule has 1 heterocycles. The lowest BCUT2D eigenvalue weighted by molar-refractivity contribution is 0.0954. The molecule has 0 saturated heterocycles. The smallest absolute Gasteiger partial charge is 0.251 e. The molecule has 0 fully saturated rings. The van der Waals surface area contributed by atoms with Gasteiger partial charge in [-0.2, -0.15) is 0 Å². The number of nitrogens with one attached hydrogen (secondary N) is 2. The third kappa shape index (κ3) is 6.20. The molecule has 0 aliphatic rings. The highest BCUT2D eigenvalue weighted by atomic mass is 35.5. The molecule has 8 heteroatoms. The summed E-state index contributed by atoms with van der Waals surface area (Å²) in [6.07, 6.45) is 1.88. The number of aliphatic imine (C=N–C) groups is 1. The van der Waals surface area contributed by atoms with E-state index in [1.54, 1.807) is 31.4 Å². The van der Waals surface area contributed by atoms with Crippen molar-refractivity contribution >= 4 is 23.5 Å². The van der Waals surface area contributed by atoms with Crippen molar-refractivity contribution in [3.8, 4) is 5.75 Å². The number of hydrogen-bond acceptors (Lipinski definition) is 3. The fourth-order valence-electron chi connectivity index (χ4n) is 2.69. The summed E-state index contributed by atoms with van der Waals surface area (Å²) in [6.45, 7) is 4.38. The first kappa shape index (κ1) is 21.6. The van der Waals surface area contributed by atoms with Gasteiger partial charge in [0.05, 0.1) is 25.2 Å². The Bertz CT molecular complexity index is 801. The number of hydrogen-bond donors (Lipinski definition) is 2. The van der Waals surface area contributed by atoms with Crippen molar-refractivity contribution in [1.29, 1.82) is 0 Å². The molecule has 7 nitrogen and oxygen atoms in total. The minimum atomic E-state index is -0.130. The molecule has 0 bridgehead atoms. The predicted octanol–water partition coefficient (Wildman–Crippen LogP) is 2.51. The molecule has 0 aliphatic heterocycles. The molecule has 1 aromatic carbocycles. The summed E-state index contributed by atoms with van der Waals surface area (Å²) in [4.78, 5) is 18.8. The Labute approximate surface area is 171 Å². The van der Waals surface area contributed by atoms with Crippen LogP contribution in [0.5, 0.6) is 5.75 Å². The quantitative estimate of drug-likeness (QED) is 0.402. The number of amides is 1. The van der Waals surface area contributed by atoms with Gasteiger partial charge in [0, 0.05) is 44.6 Å². The Kier molecular flexibility index (Phi) is 8.19. The van der Waals surface area contributed by atoms with Crippen LogP contribution in [0, 0.1) is 0 Å². The molecule has 0 atom stereocenters. The standard InChI is InChI=1S/C20H28ClN5O2/c1-5-22-20(26(3)14-17-12-16(21)13-25(17)2)24-11-10-23-19(27)15-6-8-18(28-4)9-7-15/h6-9,12-13H,5,10-11,14H2,1-4H3,(H,22,24)(H,23,27). The average Bonchev–Trinajstić information content (AvgIpc) is 3.00. The Hall–Kier alpha value is -2.67. The maximum Gasteiger partial charge on any atom is 0.251 e. The van der Waals surface area contributed by atoms with E-state index in [0.29, 0.717) is 30.2 Å². The van der Waals surface area contributed by atoms with Gasteiger partial charge < -0.3 is 24.8 Å². The average molecular weight is 406 g/mol. The highest BCUT2D eigenvalue weighted by Gasteiger charge is 2.10. The number of nitrogens with zero attached hydrogens (tertiary/aromatic N) is 3.